The minimum Gasteiger partial charge on any atom is -0.378 e. The van der Waals surface area contributed by atoms with Crippen LogP contribution >= 0.6 is 0 Å². The van der Waals surface area contributed by atoms with Gasteiger partial charge in [-0.3, -0.25) is 4.68 Å². The third-order valence-corrected chi connectivity index (χ3v) is 5.39. The van der Waals surface area contributed by atoms with E-state index in [0.29, 0.717) is 37.4 Å². The topological polar surface area (TPSA) is 85.9 Å². The predicted octanol–water partition coefficient (Wildman–Crippen LogP) is 3.31. The van der Waals surface area contributed by atoms with Crippen LogP contribution in [0.3, 0.4) is 0 Å². The lowest BCUT2D eigenvalue weighted by Crippen LogP contribution is -2.37. The molecule has 1 aliphatic heterocycles. The zero-order valence-electron chi connectivity index (χ0n) is 18.5. The van der Waals surface area contributed by atoms with Crippen molar-refractivity contribution in [2.24, 2.45) is 5.92 Å². The Labute approximate surface area is 187 Å². The van der Waals surface area contributed by atoms with Crippen molar-refractivity contribution in [3.63, 3.8) is 0 Å². The van der Waals surface area contributed by atoms with E-state index in [9.17, 15) is 0 Å². The number of aromatic nitrogens is 6. The van der Waals surface area contributed by atoms with Gasteiger partial charge in [0, 0.05) is 25.8 Å². The Kier molecular flexibility index (Phi) is 5.72. The quantitative estimate of drug-likeness (QED) is 0.479. The van der Waals surface area contributed by atoms with E-state index in [2.05, 4.69) is 50.8 Å². The van der Waals surface area contributed by atoms with Crippen LogP contribution in [-0.2, 0) is 17.8 Å². The summed E-state index contributed by atoms with van der Waals surface area (Å²) in [6.07, 6.45) is 5.66. The summed E-state index contributed by atoms with van der Waals surface area (Å²) in [4.78, 5) is 16.5. The van der Waals surface area contributed by atoms with Gasteiger partial charge in [-0.2, -0.15) is 15.1 Å². The number of hydrogen-bond acceptors (Lipinski definition) is 7. The van der Waals surface area contributed by atoms with E-state index in [0.717, 1.165) is 36.5 Å². The molecule has 9 nitrogen and oxygen atoms in total. The number of anilines is 3. The SMILES string of the molecule is CC(C)Cn1cnc2c(Nc3cnn(Cc4ccccc4)c3)nc(N3CCOCC3)nc21. The summed E-state index contributed by atoms with van der Waals surface area (Å²) in [6, 6.07) is 10.3. The smallest absolute Gasteiger partial charge is 0.229 e. The highest BCUT2D eigenvalue weighted by Crippen LogP contribution is 2.26. The molecule has 0 aliphatic carbocycles. The molecular formula is C23H28N8O. The van der Waals surface area contributed by atoms with Gasteiger partial charge < -0.3 is 19.5 Å². The zero-order valence-corrected chi connectivity index (χ0v) is 18.5. The molecule has 1 fully saturated rings. The van der Waals surface area contributed by atoms with Crippen LogP contribution in [0.2, 0.25) is 0 Å². The van der Waals surface area contributed by atoms with Crippen molar-refractivity contribution in [1.29, 1.82) is 0 Å². The lowest BCUT2D eigenvalue weighted by atomic mass is 10.2. The molecule has 1 saturated heterocycles. The molecule has 0 bridgehead atoms. The van der Waals surface area contributed by atoms with Crippen molar-refractivity contribution in [1.82, 2.24) is 29.3 Å². The van der Waals surface area contributed by atoms with Gasteiger partial charge in [0.05, 0.1) is 38.0 Å². The number of ether oxygens (including phenoxy) is 1. The second-order valence-corrected chi connectivity index (χ2v) is 8.47. The van der Waals surface area contributed by atoms with E-state index in [1.54, 1.807) is 0 Å². The van der Waals surface area contributed by atoms with Gasteiger partial charge in [-0.15, -0.1) is 0 Å². The second-order valence-electron chi connectivity index (χ2n) is 8.47. The summed E-state index contributed by atoms with van der Waals surface area (Å²) in [6.45, 7) is 8.86. The Morgan fingerprint density at radius 3 is 2.69 bits per heavy atom. The zero-order chi connectivity index (χ0) is 21.9. The van der Waals surface area contributed by atoms with E-state index in [1.807, 2.05) is 41.6 Å². The molecule has 0 unspecified atom stereocenters. The Morgan fingerprint density at radius 1 is 1.09 bits per heavy atom. The van der Waals surface area contributed by atoms with Crippen molar-refractivity contribution in [2.45, 2.75) is 26.9 Å². The molecule has 3 aromatic heterocycles. The summed E-state index contributed by atoms with van der Waals surface area (Å²) in [7, 11) is 0. The maximum atomic E-state index is 5.51. The highest BCUT2D eigenvalue weighted by Gasteiger charge is 2.20. The van der Waals surface area contributed by atoms with E-state index in [1.165, 1.54) is 5.56 Å². The largest absolute Gasteiger partial charge is 0.378 e. The second kappa shape index (κ2) is 8.96. The standard InChI is InChI=1S/C23H28N8O/c1-17(2)13-30-16-24-20-21(27-23(28-22(20)30)29-8-10-32-11-9-29)26-19-12-25-31(15-19)14-18-6-4-3-5-7-18/h3-7,12,15-17H,8-11,13-14H2,1-2H3,(H,26,27,28). The molecule has 1 aliphatic rings. The number of imidazole rings is 1. The molecule has 9 heteroatoms. The molecule has 0 amide bonds. The van der Waals surface area contributed by atoms with Crippen molar-refractivity contribution in [2.75, 3.05) is 36.5 Å². The molecule has 1 N–H and O–H groups in total. The lowest BCUT2D eigenvalue weighted by Gasteiger charge is -2.27. The first-order chi connectivity index (χ1) is 15.7. The van der Waals surface area contributed by atoms with Crippen molar-refractivity contribution in [3.05, 3.63) is 54.6 Å². The third kappa shape index (κ3) is 4.43. The highest BCUT2D eigenvalue weighted by atomic mass is 16.5. The molecule has 0 spiro atoms. The number of morpholine rings is 1. The molecule has 5 rings (SSSR count). The fourth-order valence-corrected chi connectivity index (χ4v) is 3.87. The molecule has 0 saturated carbocycles. The van der Waals surface area contributed by atoms with Crippen LogP contribution in [-0.4, -0.2) is 55.6 Å². The predicted molar refractivity (Wildman–Crippen MR) is 124 cm³/mol. The molecular weight excluding hydrogens is 404 g/mol. The molecule has 4 heterocycles. The van der Waals surface area contributed by atoms with E-state index >= 15 is 0 Å². The lowest BCUT2D eigenvalue weighted by molar-refractivity contribution is 0.122. The number of benzene rings is 1. The number of nitrogens with zero attached hydrogens (tertiary/aromatic N) is 7. The fourth-order valence-electron chi connectivity index (χ4n) is 3.87. The van der Waals surface area contributed by atoms with Gasteiger partial charge in [0.25, 0.3) is 0 Å². The number of rotatable bonds is 7. The van der Waals surface area contributed by atoms with E-state index < -0.39 is 0 Å². The molecule has 0 atom stereocenters. The van der Waals surface area contributed by atoms with Crippen LogP contribution in [0.1, 0.15) is 19.4 Å². The average Bonchev–Trinajstić information content (AvgIpc) is 3.41. The summed E-state index contributed by atoms with van der Waals surface area (Å²) < 4.78 is 9.53. The summed E-state index contributed by atoms with van der Waals surface area (Å²) in [5.74, 6) is 1.88. The Bertz CT molecular complexity index is 1180. The van der Waals surface area contributed by atoms with Crippen molar-refractivity contribution in [3.8, 4) is 0 Å². The van der Waals surface area contributed by atoms with Gasteiger partial charge in [0.15, 0.2) is 17.0 Å². The third-order valence-electron chi connectivity index (χ3n) is 5.39. The van der Waals surface area contributed by atoms with E-state index in [-0.39, 0.29) is 0 Å². The number of hydrogen-bond donors (Lipinski definition) is 1. The molecule has 166 valence electrons. The normalized spacial score (nSPS) is 14.4. The monoisotopic (exact) mass is 432 g/mol. The molecule has 0 radical (unpaired) electrons. The summed E-state index contributed by atoms with van der Waals surface area (Å²) in [5, 5.41) is 7.93. The van der Waals surface area contributed by atoms with Crippen LogP contribution in [0.25, 0.3) is 11.2 Å². The van der Waals surface area contributed by atoms with Gasteiger partial charge in [-0.1, -0.05) is 44.2 Å². The first kappa shape index (κ1) is 20.4. The van der Waals surface area contributed by atoms with Crippen molar-refractivity contribution >= 4 is 28.6 Å². The van der Waals surface area contributed by atoms with Gasteiger partial charge in [0.2, 0.25) is 5.95 Å². The number of fused-ring (bicyclic) bond motifs is 1. The van der Waals surface area contributed by atoms with Gasteiger partial charge >= 0.3 is 0 Å². The maximum absolute atomic E-state index is 5.51. The Morgan fingerprint density at radius 2 is 1.91 bits per heavy atom. The maximum Gasteiger partial charge on any atom is 0.229 e. The summed E-state index contributed by atoms with van der Waals surface area (Å²) in [5.41, 5.74) is 3.67. The Balaban J connectivity index is 1.46. The average molecular weight is 433 g/mol. The first-order valence-electron chi connectivity index (χ1n) is 11.0. The van der Waals surface area contributed by atoms with Crippen LogP contribution in [0.5, 0.6) is 0 Å². The van der Waals surface area contributed by atoms with E-state index in [4.69, 9.17) is 14.7 Å². The Hall–Kier alpha value is -3.46. The van der Waals surface area contributed by atoms with Crippen LogP contribution < -0.4 is 10.2 Å². The fraction of sp³-hybridized carbons (Fsp3) is 0.391. The van der Waals surface area contributed by atoms with Crippen LogP contribution in [0.4, 0.5) is 17.5 Å². The number of nitrogens with one attached hydrogen (secondary N) is 1. The molecule has 1 aromatic carbocycles. The summed E-state index contributed by atoms with van der Waals surface area (Å²) >= 11 is 0. The van der Waals surface area contributed by atoms with Gasteiger partial charge in [-0.25, -0.2) is 4.98 Å². The van der Waals surface area contributed by atoms with Crippen LogP contribution in [0.15, 0.2) is 49.1 Å². The molecule has 4 aromatic rings. The van der Waals surface area contributed by atoms with Crippen molar-refractivity contribution < 1.29 is 4.74 Å². The first-order valence-corrected chi connectivity index (χ1v) is 11.0. The highest BCUT2D eigenvalue weighted by molar-refractivity contribution is 5.86. The van der Waals surface area contributed by atoms with Gasteiger partial charge in [0.1, 0.15) is 0 Å². The molecule has 32 heavy (non-hydrogen) atoms. The minimum absolute atomic E-state index is 0.488. The van der Waals surface area contributed by atoms with Crippen LogP contribution in [0, 0.1) is 5.92 Å². The minimum atomic E-state index is 0.488. The van der Waals surface area contributed by atoms with Gasteiger partial charge in [-0.05, 0) is 11.5 Å².